The first kappa shape index (κ1) is 36.8. The van der Waals surface area contributed by atoms with Crippen LogP contribution in [-0.4, -0.2) is 23.2 Å². The number of pyridine rings is 2. The maximum absolute atomic E-state index is 5.94. The Hall–Kier alpha value is -3.05. The number of fused-ring (bicyclic) bond motifs is 3. The van der Waals surface area contributed by atoms with Crippen molar-refractivity contribution in [1.29, 1.82) is 0 Å². The zero-order valence-electron chi connectivity index (χ0n) is 29.6. The number of rotatable bonds is 6. The van der Waals surface area contributed by atoms with E-state index in [1.165, 1.54) is 26.6 Å². The van der Waals surface area contributed by atoms with Crippen molar-refractivity contribution in [3.63, 3.8) is 0 Å². The average Bonchev–Trinajstić information content (AvgIpc) is 3.34. The van der Waals surface area contributed by atoms with Crippen LogP contribution in [-0.2, 0) is 32.9 Å². The Morgan fingerprint density at radius 3 is 2.13 bits per heavy atom. The molecule has 0 aliphatic heterocycles. The molecule has 6 aromatic rings. The van der Waals surface area contributed by atoms with Crippen LogP contribution in [0.5, 0.6) is 0 Å². The van der Waals surface area contributed by atoms with Crippen LogP contribution < -0.4 is 4.40 Å². The molecule has 0 fully saturated rings. The Bertz CT molecular complexity index is 1960. The van der Waals surface area contributed by atoms with Gasteiger partial charge in [0.2, 0.25) is 0 Å². The van der Waals surface area contributed by atoms with Gasteiger partial charge in [-0.3, -0.25) is 0 Å². The second-order valence-corrected chi connectivity index (χ2v) is 25.9. The quantitative estimate of drug-likeness (QED) is 0.124. The van der Waals surface area contributed by atoms with Crippen molar-refractivity contribution in [2.75, 3.05) is 0 Å². The Morgan fingerprint density at radius 1 is 0.787 bits per heavy atom. The smallest absolute Gasteiger partial charge is 0.120 e. The molecule has 3 aromatic carbocycles. The third kappa shape index (κ3) is 9.31. The first-order valence-corrected chi connectivity index (χ1v) is 23.8. The fraction of sp³-hybridized carbons (Fsp3) is 0.333. The molecule has 5 heteroatoms. The van der Waals surface area contributed by atoms with Crippen molar-refractivity contribution >= 4 is 39.6 Å². The average molecular weight is 862 g/mol. The van der Waals surface area contributed by atoms with E-state index in [0.717, 1.165) is 57.3 Å². The molecule has 0 spiro atoms. The van der Waals surface area contributed by atoms with Crippen LogP contribution in [0.2, 0.25) is 17.3 Å². The molecule has 6 rings (SSSR count). The van der Waals surface area contributed by atoms with E-state index in [1.807, 2.05) is 36.5 Å². The Kier molecular flexibility index (Phi) is 11.8. The van der Waals surface area contributed by atoms with Gasteiger partial charge < -0.3 is 9.40 Å². The molecule has 0 atom stereocenters. The van der Waals surface area contributed by atoms with Gasteiger partial charge in [-0.2, -0.15) is 0 Å². The van der Waals surface area contributed by atoms with E-state index in [9.17, 15) is 0 Å². The normalized spacial score (nSPS) is 11.8. The van der Waals surface area contributed by atoms with E-state index in [4.69, 9.17) is 9.40 Å². The Balaban J connectivity index is 0.000000212. The first-order valence-electron chi connectivity index (χ1n) is 16.4. The van der Waals surface area contributed by atoms with E-state index >= 15 is 0 Å². The number of aromatic nitrogens is 2. The molecule has 0 N–H and O–H groups in total. The topological polar surface area (TPSA) is 38.9 Å². The summed E-state index contributed by atoms with van der Waals surface area (Å²) < 4.78 is 7.47. The van der Waals surface area contributed by atoms with Gasteiger partial charge in [0.05, 0.1) is 5.58 Å². The fourth-order valence-corrected chi connectivity index (χ4v) is 9.25. The maximum Gasteiger partial charge on any atom is 0.120 e. The summed E-state index contributed by atoms with van der Waals surface area (Å²) in [6.45, 7) is 15.7. The van der Waals surface area contributed by atoms with Crippen molar-refractivity contribution in [2.45, 2.75) is 78.6 Å². The minimum atomic E-state index is -1.90. The Morgan fingerprint density at radius 2 is 1.47 bits per heavy atom. The van der Waals surface area contributed by atoms with Crippen molar-refractivity contribution in [1.82, 2.24) is 9.97 Å². The molecule has 3 heterocycles. The molecule has 0 saturated carbocycles. The number of aryl methyl sites for hydroxylation is 2. The third-order valence-electron chi connectivity index (χ3n) is 8.18. The van der Waals surface area contributed by atoms with Crippen LogP contribution in [0.25, 0.3) is 44.5 Å². The molecule has 0 unspecified atom stereocenters. The number of hydrogen-bond donors (Lipinski definition) is 0. The molecule has 0 aliphatic carbocycles. The summed E-state index contributed by atoms with van der Waals surface area (Å²) in [5, 5.41) is 2.28. The predicted molar refractivity (Wildman–Crippen MR) is 198 cm³/mol. The molecule has 47 heavy (non-hydrogen) atoms. The minimum Gasteiger partial charge on any atom is -0.500 e. The van der Waals surface area contributed by atoms with Gasteiger partial charge in [0, 0.05) is 31.7 Å². The van der Waals surface area contributed by atoms with E-state index in [1.54, 1.807) is 0 Å². The van der Waals surface area contributed by atoms with Crippen LogP contribution in [0.4, 0.5) is 0 Å². The van der Waals surface area contributed by atoms with Crippen molar-refractivity contribution in [3.05, 3.63) is 114 Å². The van der Waals surface area contributed by atoms with E-state index in [2.05, 4.69) is 125 Å². The largest absolute Gasteiger partial charge is 0.500 e. The van der Waals surface area contributed by atoms with E-state index < -0.39 is 13.3 Å². The standard InChI is InChI=1S/C23H22NO.C19H26GeN.Ir/c1-14(2)9-18-12-21(24-13-16(18)4)17-6-8-23-20(11-17)19-10-15(3)5-7-22(19)25-23;1-19(2,3)13-16-12-18(15-10-8-7-9-11-15)21-14-17(16)20(4,5)6;/h5,7-8,10-14H,9H2,1-4H3;7-10,12,14H,13H2,1-6H3;/q2*-1;. The zero-order valence-corrected chi connectivity index (χ0v) is 34.1. The summed E-state index contributed by atoms with van der Waals surface area (Å²) in [6, 6.07) is 29.6. The molecule has 0 aliphatic rings. The third-order valence-corrected chi connectivity index (χ3v) is 12.5. The number of nitrogens with zero attached hydrogens (tertiary/aromatic N) is 2. The predicted octanol–water partition coefficient (Wildman–Crippen LogP) is 10.9. The molecule has 3 aromatic heterocycles. The molecule has 0 amide bonds. The van der Waals surface area contributed by atoms with Crippen LogP contribution in [0.15, 0.2) is 83.5 Å². The van der Waals surface area contributed by atoms with Gasteiger partial charge in [-0.25, -0.2) is 0 Å². The SMILES string of the molecule is CC(C)(C)Cc1cc(-c2[c-]cccc2)nc[c]1[Ge]([CH3])([CH3])[CH3].Cc1ccc2oc3c[c-]c(-c4cc(CC(C)C)c(C)cn4)cc3c2c1.[Ir]. The summed E-state index contributed by atoms with van der Waals surface area (Å²) in [4.78, 5) is 9.37. The zero-order chi connectivity index (χ0) is 33.2. The molecule has 0 bridgehead atoms. The van der Waals surface area contributed by atoms with Crippen LogP contribution in [0.3, 0.4) is 0 Å². The second-order valence-electron chi connectivity index (χ2n) is 15.3. The van der Waals surface area contributed by atoms with Gasteiger partial charge in [-0.1, -0.05) is 42.5 Å². The summed E-state index contributed by atoms with van der Waals surface area (Å²) >= 11 is -1.90. The minimum absolute atomic E-state index is 0. The van der Waals surface area contributed by atoms with Crippen LogP contribution in [0, 0.1) is 37.3 Å². The van der Waals surface area contributed by atoms with Gasteiger partial charge in [0.15, 0.2) is 0 Å². The second kappa shape index (κ2) is 15.0. The van der Waals surface area contributed by atoms with Gasteiger partial charge in [-0.15, -0.1) is 23.8 Å². The van der Waals surface area contributed by atoms with Crippen LogP contribution in [0.1, 0.15) is 56.9 Å². The molecule has 0 saturated heterocycles. The van der Waals surface area contributed by atoms with E-state index in [0.29, 0.717) is 11.3 Å². The van der Waals surface area contributed by atoms with Crippen LogP contribution >= 0.6 is 0 Å². The summed E-state index contributed by atoms with van der Waals surface area (Å²) in [7, 11) is 0. The Labute approximate surface area is 298 Å². The monoisotopic (exact) mass is 863 g/mol. The molecular formula is C42H48GeIrN2O-2. The summed E-state index contributed by atoms with van der Waals surface area (Å²) in [5.74, 6) is 7.95. The van der Waals surface area contributed by atoms with Crippen molar-refractivity contribution in [2.24, 2.45) is 11.3 Å². The van der Waals surface area contributed by atoms with Gasteiger partial charge in [0.1, 0.15) is 5.58 Å². The van der Waals surface area contributed by atoms with Gasteiger partial charge in [-0.05, 0) is 49.6 Å². The summed E-state index contributed by atoms with van der Waals surface area (Å²) in [5.41, 5.74) is 11.5. The van der Waals surface area contributed by atoms with Gasteiger partial charge >= 0.3 is 132 Å². The number of benzene rings is 3. The molecule has 3 nitrogen and oxygen atoms in total. The van der Waals surface area contributed by atoms with Crippen molar-refractivity contribution < 1.29 is 24.5 Å². The molecule has 247 valence electrons. The molecule has 1 radical (unpaired) electrons. The number of hydrogen-bond acceptors (Lipinski definition) is 3. The number of furan rings is 1. The first-order chi connectivity index (χ1) is 21.7. The fourth-order valence-electron chi connectivity index (χ4n) is 5.95. The van der Waals surface area contributed by atoms with Gasteiger partial charge in [0.25, 0.3) is 0 Å². The van der Waals surface area contributed by atoms with Crippen molar-refractivity contribution in [3.8, 4) is 22.5 Å². The van der Waals surface area contributed by atoms with E-state index in [-0.39, 0.29) is 20.1 Å². The maximum atomic E-state index is 5.94. The summed E-state index contributed by atoms with van der Waals surface area (Å²) in [6.07, 6.45) is 6.28. The molecular weight excluding hydrogens is 813 g/mol.